The van der Waals surface area contributed by atoms with Gasteiger partial charge in [0.2, 0.25) is 0 Å². The van der Waals surface area contributed by atoms with Gasteiger partial charge in [0.15, 0.2) is 5.78 Å². The van der Waals surface area contributed by atoms with E-state index in [1.165, 1.54) is 0 Å². The van der Waals surface area contributed by atoms with E-state index in [4.69, 9.17) is 4.42 Å². The van der Waals surface area contributed by atoms with Crippen LogP contribution >= 0.6 is 22.6 Å². The number of rotatable bonds is 2. The highest BCUT2D eigenvalue weighted by Gasteiger charge is 2.15. The lowest BCUT2D eigenvalue weighted by atomic mass is 10.0. The van der Waals surface area contributed by atoms with E-state index in [9.17, 15) is 4.79 Å². The smallest absolute Gasteiger partial charge is 0.196 e. The van der Waals surface area contributed by atoms with Crippen molar-refractivity contribution in [1.29, 1.82) is 0 Å². The number of aryl methyl sites for hydroxylation is 2. The van der Waals surface area contributed by atoms with Gasteiger partial charge in [-0.2, -0.15) is 0 Å². The van der Waals surface area contributed by atoms with Gasteiger partial charge in [0.05, 0.1) is 5.56 Å². The molecule has 82 valence electrons. The fourth-order valence-corrected chi connectivity index (χ4v) is 1.97. The number of carbonyl (C=O) groups is 1. The molecule has 0 amide bonds. The third kappa shape index (κ3) is 2.19. The molecule has 0 fully saturated rings. The van der Waals surface area contributed by atoms with Crippen LogP contribution in [0.25, 0.3) is 0 Å². The van der Waals surface area contributed by atoms with E-state index in [2.05, 4.69) is 22.6 Å². The summed E-state index contributed by atoms with van der Waals surface area (Å²) in [5.41, 5.74) is 1.35. The molecule has 1 heterocycles. The number of halogens is 1. The zero-order valence-electron chi connectivity index (χ0n) is 9.08. The van der Waals surface area contributed by atoms with Crippen LogP contribution in [0.2, 0.25) is 0 Å². The quantitative estimate of drug-likeness (QED) is 0.622. The first-order valence-electron chi connectivity index (χ1n) is 4.95. The van der Waals surface area contributed by atoms with E-state index >= 15 is 0 Å². The largest absolute Gasteiger partial charge is 0.466 e. The molecule has 0 atom stereocenters. The molecule has 0 unspecified atom stereocenters. The molecular formula is C13H11IO2. The fraction of sp³-hybridized carbons (Fsp3) is 0.154. The lowest BCUT2D eigenvalue weighted by molar-refractivity contribution is 0.103. The van der Waals surface area contributed by atoms with E-state index in [1.807, 2.05) is 38.1 Å². The Labute approximate surface area is 108 Å². The Hall–Kier alpha value is -1.10. The van der Waals surface area contributed by atoms with Crippen molar-refractivity contribution in [3.05, 3.63) is 56.5 Å². The zero-order valence-corrected chi connectivity index (χ0v) is 11.2. The molecule has 2 rings (SSSR count). The maximum Gasteiger partial charge on any atom is 0.196 e. The molecule has 0 radical (unpaired) electrons. The van der Waals surface area contributed by atoms with Gasteiger partial charge >= 0.3 is 0 Å². The standard InChI is InChI=1S/C13H11IO2/c1-8-7-12(9(2)16-8)13(15)10-3-5-11(14)6-4-10/h3-7H,1-2H3. The lowest BCUT2D eigenvalue weighted by Crippen LogP contribution is -2.01. The van der Waals surface area contributed by atoms with Gasteiger partial charge in [0, 0.05) is 9.13 Å². The average Bonchev–Trinajstić information content (AvgIpc) is 2.58. The molecule has 1 aromatic heterocycles. The first-order valence-corrected chi connectivity index (χ1v) is 6.03. The second kappa shape index (κ2) is 4.41. The molecule has 1 aromatic carbocycles. The highest BCUT2D eigenvalue weighted by Crippen LogP contribution is 2.18. The van der Waals surface area contributed by atoms with E-state index < -0.39 is 0 Å². The van der Waals surface area contributed by atoms with E-state index in [1.54, 1.807) is 6.07 Å². The molecule has 0 aliphatic rings. The molecule has 0 N–H and O–H groups in total. The van der Waals surface area contributed by atoms with E-state index in [0.717, 1.165) is 9.33 Å². The molecule has 0 aliphatic heterocycles. The molecule has 0 bridgehead atoms. The van der Waals surface area contributed by atoms with Crippen LogP contribution in [0.15, 0.2) is 34.7 Å². The number of hydrogen-bond acceptors (Lipinski definition) is 2. The van der Waals surface area contributed by atoms with Gasteiger partial charge in [-0.1, -0.05) is 0 Å². The molecule has 0 saturated heterocycles. The normalized spacial score (nSPS) is 10.4. The Kier molecular flexibility index (Phi) is 3.14. The molecule has 0 saturated carbocycles. The third-order valence-corrected chi connectivity index (χ3v) is 3.11. The predicted octanol–water partition coefficient (Wildman–Crippen LogP) is 3.73. The van der Waals surface area contributed by atoms with Gasteiger partial charge in [-0.25, -0.2) is 0 Å². The second-order valence-corrected chi connectivity index (χ2v) is 4.91. The SMILES string of the molecule is Cc1cc(C(=O)c2ccc(I)cc2)c(C)o1. The van der Waals surface area contributed by atoms with Gasteiger partial charge in [0.25, 0.3) is 0 Å². The molecular weight excluding hydrogens is 315 g/mol. The van der Waals surface area contributed by atoms with Crippen molar-refractivity contribution in [2.24, 2.45) is 0 Å². The summed E-state index contributed by atoms with van der Waals surface area (Å²) in [6.45, 7) is 3.66. The van der Waals surface area contributed by atoms with Gasteiger partial charge < -0.3 is 4.42 Å². The summed E-state index contributed by atoms with van der Waals surface area (Å²) < 4.78 is 6.48. The number of furan rings is 1. The minimum atomic E-state index is 0.0192. The summed E-state index contributed by atoms with van der Waals surface area (Å²) in [6.07, 6.45) is 0. The van der Waals surface area contributed by atoms with Crippen LogP contribution in [0.1, 0.15) is 27.4 Å². The van der Waals surface area contributed by atoms with Crippen LogP contribution in [0, 0.1) is 17.4 Å². The monoisotopic (exact) mass is 326 g/mol. The van der Waals surface area contributed by atoms with Crippen molar-refractivity contribution in [2.75, 3.05) is 0 Å². The van der Waals surface area contributed by atoms with Crippen LogP contribution in [-0.2, 0) is 0 Å². The maximum atomic E-state index is 12.1. The van der Waals surface area contributed by atoms with Crippen molar-refractivity contribution < 1.29 is 9.21 Å². The van der Waals surface area contributed by atoms with Crippen molar-refractivity contribution in [1.82, 2.24) is 0 Å². The topological polar surface area (TPSA) is 30.2 Å². The summed E-state index contributed by atoms with van der Waals surface area (Å²) in [5.74, 6) is 1.47. The van der Waals surface area contributed by atoms with Crippen LogP contribution in [0.3, 0.4) is 0 Å². The van der Waals surface area contributed by atoms with Gasteiger partial charge in [0.1, 0.15) is 11.5 Å². The van der Waals surface area contributed by atoms with E-state index in [0.29, 0.717) is 16.9 Å². The summed E-state index contributed by atoms with van der Waals surface area (Å²) >= 11 is 2.22. The minimum Gasteiger partial charge on any atom is -0.466 e. The van der Waals surface area contributed by atoms with Crippen molar-refractivity contribution in [3.8, 4) is 0 Å². The maximum absolute atomic E-state index is 12.1. The lowest BCUT2D eigenvalue weighted by Gasteiger charge is -1.99. The van der Waals surface area contributed by atoms with Gasteiger partial charge in [-0.15, -0.1) is 0 Å². The molecule has 2 aromatic rings. The Morgan fingerprint density at radius 3 is 2.31 bits per heavy atom. The summed E-state index contributed by atoms with van der Waals surface area (Å²) in [6, 6.07) is 9.32. The predicted molar refractivity (Wildman–Crippen MR) is 70.8 cm³/mol. The molecule has 3 heteroatoms. The molecule has 16 heavy (non-hydrogen) atoms. The van der Waals surface area contributed by atoms with Crippen LogP contribution in [0.4, 0.5) is 0 Å². The minimum absolute atomic E-state index is 0.0192. The molecule has 0 aliphatic carbocycles. The number of ketones is 1. The van der Waals surface area contributed by atoms with Gasteiger partial charge in [-0.05, 0) is 66.8 Å². The molecule has 2 nitrogen and oxygen atoms in total. The van der Waals surface area contributed by atoms with Crippen LogP contribution in [-0.4, -0.2) is 5.78 Å². The Morgan fingerprint density at radius 2 is 1.81 bits per heavy atom. The van der Waals surface area contributed by atoms with E-state index in [-0.39, 0.29) is 5.78 Å². The van der Waals surface area contributed by atoms with Gasteiger partial charge in [-0.3, -0.25) is 4.79 Å². The van der Waals surface area contributed by atoms with Crippen molar-refractivity contribution in [2.45, 2.75) is 13.8 Å². The average molecular weight is 326 g/mol. The highest BCUT2D eigenvalue weighted by molar-refractivity contribution is 14.1. The first-order chi connectivity index (χ1) is 7.58. The van der Waals surface area contributed by atoms with Crippen LogP contribution in [0.5, 0.6) is 0 Å². The Balaban J connectivity index is 2.39. The summed E-state index contributed by atoms with van der Waals surface area (Å²) in [5, 5.41) is 0. The highest BCUT2D eigenvalue weighted by atomic mass is 127. The Morgan fingerprint density at radius 1 is 1.19 bits per heavy atom. The summed E-state index contributed by atoms with van der Waals surface area (Å²) in [7, 11) is 0. The Bertz CT molecular complexity index is 523. The number of benzene rings is 1. The third-order valence-electron chi connectivity index (χ3n) is 2.39. The summed E-state index contributed by atoms with van der Waals surface area (Å²) in [4.78, 5) is 12.1. The zero-order chi connectivity index (χ0) is 11.7. The van der Waals surface area contributed by atoms with Crippen molar-refractivity contribution in [3.63, 3.8) is 0 Å². The van der Waals surface area contributed by atoms with Crippen LogP contribution < -0.4 is 0 Å². The molecule has 0 spiro atoms. The van der Waals surface area contributed by atoms with Crippen molar-refractivity contribution >= 4 is 28.4 Å². The fourth-order valence-electron chi connectivity index (χ4n) is 1.61. The first kappa shape index (κ1) is 11.4. The second-order valence-electron chi connectivity index (χ2n) is 3.66. The number of hydrogen-bond donors (Lipinski definition) is 0. The number of carbonyl (C=O) groups excluding carboxylic acids is 1.